The molecule has 1 heterocycles. The van der Waals surface area contributed by atoms with Gasteiger partial charge in [0.05, 0.1) is 18.4 Å². The van der Waals surface area contributed by atoms with Crippen LogP contribution in [0.15, 0.2) is 66.9 Å². The van der Waals surface area contributed by atoms with Gasteiger partial charge in [0.2, 0.25) is 0 Å². The number of pyridine rings is 1. The first kappa shape index (κ1) is 31.0. The molecule has 4 rings (SSSR count). The fourth-order valence-corrected chi connectivity index (χ4v) is 4.69. The Morgan fingerprint density at radius 3 is 2.30 bits per heavy atom. The average Bonchev–Trinajstić information content (AvgIpc) is 2.95. The van der Waals surface area contributed by atoms with E-state index in [0.29, 0.717) is 5.39 Å². The molecule has 0 saturated carbocycles. The van der Waals surface area contributed by atoms with Crippen molar-refractivity contribution >= 4 is 45.3 Å². The van der Waals surface area contributed by atoms with Crippen LogP contribution in [0.3, 0.4) is 0 Å². The lowest BCUT2D eigenvalue weighted by Gasteiger charge is -2.22. The quantitative estimate of drug-likeness (QED) is 0.137. The number of nitrogens with one attached hydrogen (secondary N) is 3. The van der Waals surface area contributed by atoms with Crippen LogP contribution >= 0.6 is 0 Å². The predicted molar refractivity (Wildman–Crippen MR) is 173 cm³/mol. The number of ether oxygens (including phenoxy) is 1. The first-order valence-electron chi connectivity index (χ1n) is 14.3. The molecule has 3 N–H and O–H groups in total. The van der Waals surface area contributed by atoms with Crippen molar-refractivity contribution in [1.29, 1.82) is 5.26 Å². The number of nitriles is 1. The van der Waals surface area contributed by atoms with Crippen molar-refractivity contribution < 1.29 is 14.3 Å². The van der Waals surface area contributed by atoms with Crippen LogP contribution in [-0.4, -0.2) is 30.3 Å². The lowest BCUT2D eigenvalue weighted by Crippen LogP contribution is -2.24. The minimum absolute atomic E-state index is 0.214. The van der Waals surface area contributed by atoms with Crippen LogP contribution in [0, 0.1) is 16.7 Å². The van der Waals surface area contributed by atoms with Gasteiger partial charge in [-0.3, -0.25) is 9.59 Å². The Morgan fingerprint density at radius 2 is 1.65 bits per heavy atom. The number of benzene rings is 3. The number of aromatic nitrogens is 1. The second-order valence-electron chi connectivity index (χ2n) is 12.7. The fraction of sp³-hybridized carbons (Fsp3) is 0.314. The number of hydrogen-bond donors (Lipinski definition) is 3. The summed E-state index contributed by atoms with van der Waals surface area (Å²) in [6, 6.07) is 20.3. The molecule has 4 aromatic rings. The maximum atomic E-state index is 13.5. The van der Waals surface area contributed by atoms with Gasteiger partial charge in [0.15, 0.2) is 5.75 Å². The molecule has 1 amide bonds. The number of nitrogens with zero attached hydrogens (tertiary/aromatic N) is 2. The molecule has 222 valence electrons. The summed E-state index contributed by atoms with van der Waals surface area (Å²) in [5.74, 6) is -0.531. The molecule has 0 spiro atoms. The first-order chi connectivity index (χ1) is 20.3. The molecule has 3 aromatic carbocycles. The smallest absolute Gasteiger partial charge is 0.296 e. The van der Waals surface area contributed by atoms with E-state index in [1.54, 1.807) is 30.5 Å². The van der Waals surface area contributed by atoms with E-state index in [2.05, 4.69) is 47.8 Å². The second-order valence-corrected chi connectivity index (χ2v) is 12.7. The van der Waals surface area contributed by atoms with E-state index in [0.717, 1.165) is 41.1 Å². The van der Waals surface area contributed by atoms with E-state index >= 15 is 0 Å². The molecule has 8 nitrogen and oxygen atoms in total. The van der Waals surface area contributed by atoms with Gasteiger partial charge in [-0.15, -0.1) is 0 Å². The van der Waals surface area contributed by atoms with Gasteiger partial charge in [0, 0.05) is 41.1 Å². The van der Waals surface area contributed by atoms with Crippen LogP contribution < -0.4 is 20.7 Å². The van der Waals surface area contributed by atoms with E-state index < -0.39 is 11.7 Å². The first-order valence-corrected chi connectivity index (χ1v) is 14.3. The zero-order chi connectivity index (χ0) is 31.4. The summed E-state index contributed by atoms with van der Waals surface area (Å²) < 4.78 is 5.44. The fourth-order valence-electron chi connectivity index (χ4n) is 4.69. The zero-order valence-electron chi connectivity index (χ0n) is 25.9. The third-order valence-electron chi connectivity index (χ3n) is 7.12. The van der Waals surface area contributed by atoms with E-state index in [9.17, 15) is 14.9 Å². The van der Waals surface area contributed by atoms with Crippen LogP contribution in [0.25, 0.3) is 10.8 Å². The summed E-state index contributed by atoms with van der Waals surface area (Å²) in [7, 11) is 1.43. The number of fused-ring (bicyclic) bond motifs is 1. The Labute approximate surface area is 253 Å². The molecular weight excluding hydrogens is 538 g/mol. The monoisotopic (exact) mass is 577 g/mol. The number of rotatable bonds is 9. The highest BCUT2D eigenvalue weighted by atomic mass is 16.5. The van der Waals surface area contributed by atoms with Crippen molar-refractivity contribution in [2.75, 3.05) is 29.6 Å². The maximum Gasteiger partial charge on any atom is 0.296 e. The van der Waals surface area contributed by atoms with Gasteiger partial charge in [-0.05, 0) is 58.5 Å². The zero-order valence-corrected chi connectivity index (χ0v) is 25.9. The highest BCUT2D eigenvalue weighted by molar-refractivity contribution is 6.48. The largest absolute Gasteiger partial charge is 0.493 e. The Balaban J connectivity index is 1.61. The third-order valence-corrected chi connectivity index (χ3v) is 7.12. The molecule has 0 atom stereocenters. The van der Waals surface area contributed by atoms with Crippen LogP contribution in [-0.2, 0) is 10.2 Å². The van der Waals surface area contributed by atoms with Crippen molar-refractivity contribution in [2.45, 2.75) is 53.4 Å². The summed E-state index contributed by atoms with van der Waals surface area (Å²) in [5, 5.41) is 20.6. The van der Waals surface area contributed by atoms with Crippen molar-refractivity contribution in [1.82, 2.24) is 4.98 Å². The normalized spacial score (nSPS) is 11.5. The molecule has 43 heavy (non-hydrogen) atoms. The number of amides is 1. The predicted octanol–water partition coefficient (Wildman–Crippen LogP) is 7.83. The Hall–Kier alpha value is -4.90. The van der Waals surface area contributed by atoms with Gasteiger partial charge >= 0.3 is 0 Å². The van der Waals surface area contributed by atoms with Crippen molar-refractivity contribution in [3.05, 3.63) is 83.6 Å². The van der Waals surface area contributed by atoms with Gasteiger partial charge in [0.1, 0.15) is 11.9 Å². The molecule has 0 aliphatic rings. The molecule has 0 fully saturated rings. The topological polar surface area (TPSA) is 116 Å². The molecule has 0 saturated heterocycles. The summed E-state index contributed by atoms with van der Waals surface area (Å²) in [6.07, 6.45) is 2.75. The number of carbonyl (C=O) groups excluding carboxylic acids is 2. The van der Waals surface area contributed by atoms with Crippen molar-refractivity contribution in [3.8, 4) is 11.8 Å². The highest BCUT2D eigenvalue weighted by Gasteiger charge is 2.24. The minimum Gasteiger partial charge on any atom is -0.493 e. The van der Waals surface area contributed by atoms with Crippen LogP contribution in [0.4, 0.5) is 22.9 Å². The molecular formula is C35H39N5O3. The molecule has 8 heteroatoms. The lowest BCUT2D eigenvalue weighted by atomic mass is 9.85. The molecule has 0 aliphatic heterocycles. The molecule has 0 aliphatic carbocycles. The Morgan fingerprint density at radius 1 is 0.930 bits per heavy atom. The average molecular weight is 578 g/mol. The van der Waals surface area contributed by atoms with Gasteiger partial charge in [-0.2, -0.15) is 5.26 Å². The minimum atomic E-state index is -0.820. The summed E-state index contributed by atoms with van der Waals surface area (Å²) >= 11 is 0. The van der Waals surface area contributed by atoms with Crippen molar-refractivity contribution in [3.63, 3.8) is 0 Å². The van der Waals surface area contributed by atoms with E-state index in [4.69, 9.17) is 4.74 Å². The SMILES string of the molecule is COc1c(C#N)cc(C(C)(C)C)cc1NC(=O)C(=O)c1ccc(Nc2ccnc(NCCC(C)(C)C)c2)c2ccccc12. The summed E-state index contributed by atoms with van der Waals surface area (Å²) in [6.45, 7) is 13.4. The molecule has 0 radical (unpaired) electrons. The third kappa shape index (κ3) is 7.49. The van der Waals surface area contributed by atoms with Gasteiger partial charge in [0.25, 0.3) is 11.7 Å². The van der Waals surface area contributed by atoms with E-state index in [1.165, 1.54) is 7.11 Å². The number of anilines is 4. The Kier molecular flexibility index (Phi) is 9.05. The highest BCUT2D eigenvalue weighted by Crippen LogP contribution is 2.36. The van der Waals surface area contributed by atoms with Gasteiger partial charge in [-0.1, -0.05) is 65.8 Å². The van der Waals surface area contributed by atoms with Crippen LogP contribution in [0.5, 0.6) is 5.75 Å². The number of hydrogen-bond acceptors (Lipinski definition) is 7. The maximum absolute atomic E-state index is 13.5. The summed E-state index contributed by atoms with van der Waals surface area (Å²) in [4.78, 5) is 31.3. The lowest BCUT2D eigenvalue weighted by molar-refractivity contribution is -0.112. The van der Waals surface area contributed by atoms with Gasteiger partial charge < -0.3 is 20.7 Å². The summed E-state index contributed by atoms with van der Waals surface area (Å²) in [5.41, 5.74) is 3.21. The standard InChI is InChI=1S/C35H39N5O3/c1-34(2,3)15-17-38-30-20-24(14-16-37-30)39-28-13-12-27(25-10-8-9-11-26(25)28)31(41)33(42)40-29-19-23(35(4,5)6)18-22(21-36)32(29)43-7/h8-14,16,18-20H,15,17H2,1-7H3,(H,40,42)(H2,37,38,39). The molecule has 0 unspecified atom stereocenters. The van der Waals surface area contributed by atoms with Crippen LogP contribution in [0.1, 0.15) is 69.4 Å². The van der Waals surface area contributed by atoms with E-state index in [1.807, 2.05) is 57.2 Å². The second kappa shape index (κ2) is 12.5. The molecule has 0 bridgehead atoms. The van der Waals surface area contributed by atoms with Crippen molar-refractivity contribution in [2.24, 2.45) is 5.41 Å². The van der Waals surface area contributed by atoms with Gasteiger partial charge in [-0.25, -0.2) is 4.98 Å². The molecule has 1 aromatic heterocycles. The number of methoxy groups -OCH3 is 1. The number of Topliss-reactive ketones (excluding diaryl/α,β-unsaturated/α-hetero) is 1. The number of carbonyl (C=O) groups is 2. The Bertz CT molecular complexity index is 1710. The van der Waals surface area contributed by atoms with Crippen LogP contribution in [0.2, 0.25) is 0 Å². The van der Waals surface area contributed by atoms with E-state index in [-0.39, 0.29) is 33.4 Å². The number of ketones is 1.